The molecule has 0 aliphatic carbocycles. The zero-order valence-corrected chi connectivity index (χ0v) is 11.8. The summed E-state index contributed by atoms with van der Waals surface area (Å²) in [6.07, 6.45) is 1.78. The predicted octanol–water partition coefficient (Wildman–Crippen LogP) is 3.87. The van der Waals surface area contributed by atoms with Gasteiger partial charge in [0.05, 0.1) is 0 Å². The number of carbonyl (C=O) groups excluding carboxylic acids is 1. The van der Waals surface area contributed by atoms with E-state index < -0.39 is 0 Å². The van der Waals surface area contributed by atoms with Gasteiger partial charge in [0.15, 0.2) is 15.6 Å². The first-order valence-corrected chi connectivity index (χ1v) is 6.69. The lowest BCUT2D eigenvalue weighted by atomic mass is 10.2. The Kier molecular flexibility index (Phi) is 3.63. The van der Waals surface area contributed by atoms with Crippen molar-refractivity contribution in [3.63, 3.8) is 0 Å². The maximum Gasteiger partial charge on any atom is 0.293 e. The number of thiazole rings is 1. The van der Waals surface area contributed by atoms with Crippen molar-refractivity contribution in [2.75, 3.05) is 5.32 Å². The van der Waals surface area contributed by atoms with Gasteiger partial charge in [0.25, 0.3) is 5.91 Å². The lowest BCUT2D eigenvalue weighted by Crippen LogP contribution is -2.10. The van der Waals surface area contributed by atoms with Crippen LogP contribution in [0.4, 0.5) is 5.13 Å². The van der Waals surface area contributed by atoms with E-state index in [0.717, 1.165) is 4.88 Å². The molecule has 2 aromatic rings. The summed E-state index contributed by atoms with van der Waals surface area (Å²) in [6.45, 7) is 4.17. The Balaban J connectivity index is 2.07. The van der Waals surface area contributed by atoms with Crippen molar-refractivity contribution in [1.29, 1.82) is 0 Å². The van der Waals surface area contributed by atoms with Gasteiger partial charge >= 0.3 is 0 Å². The first kappa shape index (κ1) is 12.3. The van der Waals surface area contributed by atoms with Crippen molar-refractivity contribution < 1.29 is 9.21 Å². The quantitative estimate of drug-likeness (QED) is 0.935. The highest BCUT2D eigenvalue weighted by Gasteiger charge is 2.13. The first-order chi connectivity index (χ1) is 8.06. The fraction of sp³-hybridized carbons (Fsp3) is 0.273. The molecule has 1 N–H and O–H groups in total. The molecule has 1 amide bonds. The first-order valence-electron chi connectivity index (χ1n) is 5.08. The average Bonchev–Trinajstić information content (AvgIpc) is 2.86. The minimum absolute atomic E-state index is 0.262. The lowest BCUT2D eigenvalue weighted by Gasteiger charge is -1.98. The zero-order chi connectivity index (χ0) is 12.4. The molecule has 0 saturated heterocycles. The van der Waals surface area contributed by atoms with Crippen LogP contribution >= 0.6 is 27.3 Å². The average molecular weight is 315 g/mol. The number of hydrogen-bond acceptors (Lipinski definition) is 4. The molecule has 0 aliphatic heterocycles. The van der Waals surface area contributed by atoms with Crippen molar-refractivity contribution in [3.8, 4) is 0 Å². The largest absolute Gasteiger partial charge is 0.444 e. The fourth-order valence-corrected chi connectivity index (χ4v) is 2.33. The van der Waals surface area contributed by atoms with E-state index in [0.29, 0.717) is 15.7 Å². The highest BCUT2D eigenvalue weighted by Crippen LogP contribution is 2.25. The maximum absolute atomic E-state index is 11.7. The molecule has 0 bridgehead atoms. The van der Waals surface area contributed by atoms with Crippen LogP contribution in [0, 0.1) is 0 Å². The number of furan rings is 1. The summed E-state index contributed by atoms with van der Waals surface area (Å²) >= 11 is 4.62. The monoisotopic (exact) mass is 314 g/mol. The second kappa shape index (κ2) is 5.01. The van der Waals surface area contributed by atoms with Gasteiger partial charge < -0.3 is 4.42 Å². The van der Waals surface area contributed by atoms with Gasteiger partial charge in [-0.15, -0.1) is 11.3 Å². The van der Waals surface area contributed by atoms with E-state index in [1.165, 1.54) is 11.3 Å². The highest BCUT2D eigenvalue weighted by atomic mass is 79.9. The van der Waals surface area contributed by atoms with Gasteiger partial charge in [-0.1, -0.05) is 13.8 Å². The number of anilines is 1. The number of carbonyl (C=O) groups is 1. The SMILES string of the molecule is CC(C)c1cnc(NC(=O)c2ccc(Br)o2)s1. The number of nitrogens with zero attached hydrogens (tertiary/aromatic N) is 1. The Morgan fingerprint density at radius 2 is 2.29 bits per heavy atom. The van der Waals surface area contributed by atoms with Crippen LogP contribution in [0.3, 0.4) is 0 Å². The summed E-state index contributed by atoms with van der Waals surface area (Å²) in [5, 5.41) is 3.29. The smallest absolute Gasteiger partial charge is 0.293 e. The molecule has 6 heteroatoms. The van der Waals surface area contributed by atoms with Crippen LogP contribution in [0.5, 0.6) is 0 Å². The fourth-order valence-electron chi connectivity index (χ4n) is 1.21. The lowest BCUT2D eigenvalue weighted by molar-refractivity contribution is 0.0995. The molecule has 0 fully saturated rings. The maximum atomic E-state index is 11.7. The van der Waals surface area contributed by atoms with E-state index in [2.05, 4.69) is 40.1 Å². The molecule has 4 nitrogen and oxygen atoms in total. The molecular formula is C11H11BrN2O2S. The number of nitrogens with one attached hydrogen (secondary N) is 1. The normalized spacial score (nSPS) is 10.8. The third-order valence-corrected chi connectivity index (χ3v) is 3.75. The standard InChI is InChI=1S/C11H11BrN2O2S/c1-6(2)8-5-13-11(17-8)14-10(15)7-3-4-9(12)16-7/h3-6H,1-2H3,(H,13,14,15). The van der Waals surface area contributed by atoms with Crippen LogP contribution in [0.15, 0.2) is 27.4 Å². The third-order valence-electron chi connectivity index (χ3n) is 2.11. The van der Waals surface area contributed by atoms with E-state index in [1.54, 1.807) is 18.3 Å². The van der Waals surface area contributed by atoms with Gasteiger partial charge in [0, 0.05) is 11.1 Å². The molecule has 2 rings (SSSR count). The van der Waals surface area contributed by atoms with E-state index in [4.69, 9.17) is 4.42 Å². The summed E-state index contributed by atoms with van der Waals surface area (Å²) in [7, 11) is 0. The Hall–Kier alpha value is -1.14. The Bertz CT molecular complexity index is 533. The summed E-state index contributed by atoms with van der Waals surface area (Å²) in [5.41, 5.74) is 0. The number of aromatic nitrogens is 1. The summed E-state index contributed by atoms with van der Waals surface area (Å²) in [6, 6.07) is 3.28. The molecule has 0 atom stereocenters. The van der Waals surface area contributed by atoms with Gasteiger partial charge in [-0.3, -0.25) is 10.1 Å². The van der Waals surface area contributed by atoms with Crippen molar-refractivity contribution in [2.45, 2.75) is 19.8 Å². The van der Waals surface area contributed by atoms with Crippen molar-refractivity contribution in [2.24, 2.45) is 0 Å². The Morgan fingerprint density at radius 3 is 2.82 bits per heavy atom. The molecule has 2 aromatic heterocycles. The summed E-state index contributed by atoms with van der Waals surface area (Å²) < 4.78 is 5.69. The molecule has 0 unspecified atom stereocenters. The predicted molar refractivity (Wildman–Crippen MR) is 70.6 cm³/mol. The van der Waals surface area contributed by atoms with Crippen molar-refractivity contribution in [1.82, 2.24) is 4.98 Å². The molecule has 0 aliphatic rings. The molecule has 2 heterocycles. The van der Waals surface area contributed by atoms with Crippen molar-refractivity contribution in [3.05, 3.63) is 33.6 Å². The van der Waals surface area contributed by atoms with Gasteiger partial charge in [-0.05, 0) is 34.0 Å². The number of hydrogen-bond donors (Lipinski definition) is 1. The molecule has 0 aromatic carbocycles. The minimum atomic E-state index is -0.291. The van der Waals surface area contributed by atoms with E-state index in [9.17, 15) is 4.79 Å². The van der Waals surface area contributed by atoms with Crippen LogP contribution in [-0.2, 0) is 0 Å². The van der Waals surface area contributed by atoms with Crippen LogP contribution in [0.25, 0.3) is 0 Å². The highest BCUT2D eigenvalue weighted by molar-refractivity contribution is 9.10. The van der Waals surface area contributed by atoms with E-state index >= 15 is 0 Å². The molecule has 0 spiro atoms. The molecular weight excluding hydrogens is 304 g/mol. The van der Waals surface area contributed by atoms with Gasteiger partial charge in [-0.25, -0.2) is 4.98 Å². The van der Waals surface area contributed by atoms with Gasteiger partial charge in [0.2, 0.25) is 0 Å². The Morgan fingerprint density at radius 1 is 1.53 bits per heavy atom. The second-order valence-electron chi connectivity index (χ2n) is 3.78. The third kappa shape index (κ3) is 2.95. The van der Waals surface area contributed by atoms with Crippen LogP contribution in [0.2, 0.25) is 0 Å². The summed E-state index contributed by atoms with van der Waals surface area (Å²) in [5.74, 6) is 0.384. The molecule has 90 valence electrons. The van der Waals surface area contributed by atoms with Gasteiger partial charge in [-0.2, -0.15) is 0 Å². The van der Waals surface area contributed by atoms with Crippen LogP contribution in [0.1, 0.15) is 35.2 Å². The zero-order valence-electron chi connectivity index (χ0n) is 9.36. The van der Waals surface area contributed by atoms with Crippen molar-refractivity contribution >= 4 is 38.3 Å². The number of rotatable bonds is 3. The second-order valence-corrected chi connectivity index (χ2v) is 5.62. The van der Waals surface area contributed by atoms with Crippen LogP contribution in [-0.4, -0.2) is 10.9 Å². The summed E-state index contributed by atoms with van der Waals surface area (Å²) in [4.78, 5) is 17.0. The molecule has 0 saturated carbocycles. The molecule has 17 heavy (non-hydrogen) atoms. The topological polar surface area (TPSA) is 55.1 Å². The Labute approximate surface area is 111 Å². The number of amides is 1. The van der Waals surface area contributed by atoms with Crippen LogP contribution < -0.4 is 5.32 Å². The number of halogens is 1. The van der Waals surface area contributed by atoms with Gasteiger partial charge in [0.1, 0.15) is 0 Å². The molecule has 0 radical (unpaired) electrons. The minimum Gasteiger partial charge on any atom is -0.444 e. The van der Waals surface area contributed by atoms with E-state index in [1.807, 2.05) is 0 Å². The van der Waals surface area contributed by atoms with E-state index in [-0.39, 0.29) is 11.7 Å².